The minimum absolute atomic E-state index is 0.263. The summed E-state index contributed by atoms with van der Waals surface area (Å²) in [6, 6.07) is 8.12. The number of nitrogens with zero attached hydrogens (tertiary/aromatic N) is 1. The zero-order valence-electron chi connectivity index (χ0n) is 8.94. The van der Waals surface area contributed by atoms with E-state index in [1.807, 2.05) is 18.2 Å². The maximum absolute atomic E-state index is 12.1. The molecule has 2 unspecified atom stereocenters. The molecule has 1 aromatic carbocycles. The van der Waals surface area contributed by atoms with Crippen LogP contribution in [0, 0.1) is 5.92 Å². The standard InChI is InChI=1S/C13H15NO/c1-14-7-6-11-12(8-14)9-4-2-3-5-10(9)13(11)15/h2-5,11-12H,6-8H2,1H3. The van der Waals surface area contributed by atoms with Gasteiger partial charge in [0.25, 0.3) is 0 Å². The van der Waals surface area contributed by atoms with E-state index in [0.717, 1.165) is 25.1 Å². The average molecular weight is 201 g/mol. The van der Waals surface area contributed by atoms with E-state index in [4.69, 9.17) is 0 Å². The molecular weight excluding hydrogens is 186 g/mol. The zero-order valence-corrected chi connectivity index (χ0v) is 8.94. The molecule has 0 saturated carbocycles. The lowest BCUT2D eigenvalue weighted by atomic mass is 9.86. The van der Waals surface area contributed by atoms with Gasteiger partial charge in [-0.25, -0.2) is 0 Å². The highest BCUT2D eigenvalue weighted by molar-refractivity contribution is 6.03. The number of benzene rings is 1. The van der Waals surface area contributed by atoms with E-state index in [2.05, 4.69) is 18.0 Å². The van der Waals surface area contributed by atoms with Crippen molar-refractivity contribution in [2.45, 2.75) is 12.3 Å². The van der Waals surface area contributed by atoms with Gasteiger partial charge in [0.05, 0.1) is 0 Å². The molecule has 1 saturated heterocycles. The van der Waals surface area contributed by atoms with Crippen LogP contribution in [0.1, 0.15) is 28.3 Å². The second-order valence-corrected chi connectivity index (χ2v) is 4.72. The monoisotopic (exact) mass is 201 g/mol. The molecule has 0 amide bonds. The summed E-state index contributed by atoms with van der Waals surface area (Å²) >= 11 is 0. The van der Waals surface area contributed by atoms with Crippen molar-refractivity contribution in [3.63, 3.8) is 0 Å². The van der Waals surface area contributed by atoms with Crippen molar-refractivity contribution in [3.05, 3.63) is 35.4 Å². The van der Waals surface area contributed by atoms with Gasteiger partial charge < -0.3 is 4.90 Å². The van der Waals surface area contributed by atoms with Crippen LogP contribution < -0.4 is 0 Å². The van der Waals surface area contributed by atoms with Gasteiger partial charge in [0, 0.05) is 23.9 Å². The minimum atomic E-state index is 0.263. The predicted octanol–water partition coefficient (Wildman–Crippen LogP) is 1.92. The second-order valence-electron chi connectivity index (χ2n) is 4.72. The number of hydrogen-bond acceptors (Lipinski definition) is 2. The van der Waals surface area contributed by atoms with Crippen molar-refractivity contribution in [3.8, 4) is 0 Å². The van der Waals surface area contributed by atoms with E-state index < -0.39 is 0 Å². The van der Waals surface area contributed by atoms with E-state index in [1.54, 1.807) is 0 Å². The Hall–Kier alpha value is -1.15. The quantitative estimate of drug-likeness (QED) is 0.639. The van der Waals surface area contributed by atoms with Crippen LogP contribution >= 0.6 is 0 Å². The molecule has 2 aliphatic rings. The molecule has 0 aromatic heterocycles. The summed E-state index contributed by atoms with van der Waals surface area (Å²) in [6.07, 6.45) is 1.02. The lowest BCUT2D eigenvalue weighted by Crippen LogP contribution is -2.36. The SMILES string of the molecule is CN1CCC2C(=O)c3ccccc3C2C1. The third-order valence-corrected chi connectivity index (χ3v) is 3.78. The van der Waals surface area contributed by atoms with Gasteiger partial charge in [-0.3, -0.25) is 4.79 Å². The normalized spacial score (nSPS) is 30.1. The first-order chi connectivity index (χ1) is 7.27. The molecule has 1 aliphatic carbocycles. The lowest BCUT2D eigenvalue weighted by molar-refractivity contribution is 0.0861. The summed E-state index contributed by atoms with van der Waals surface area (Å²) in [5.74, 6) is 1.09. The summed E-state index contributed by atoms with van der Waals surface area (Å²) in [5, 5.41) is 0. The maximum atomic E-state index is 12.1. The van der Waals surface area contributed by atoms with E-state index in [0.29, 0.717) is 11.7 Å². The van der Waals surface area contributed by atoms with Crippen LogP contribution in [0.2, 0.25) is 0 Å². The molecule has 2 heteroatoms. The van der Waals surface area contributed by atoms with Crippen molar-refractivity contribution in [1.29, 1.82) is 0 Å². The fraction of sp³-hybridized carbons (Fsp3) is 0.462. The average Bonchev–Trinajstić information content (AvgIpc) is 2.54. The minimum Gasteiger partial charge on any atom is -0.306 e. The fourth-order valence-corrected chi connectivity index (χ4v) is 2.99. The number of likely N-dealkylation sites (tertiary alicyclic amines) is 1. The molecule has 2 nitrogen and oxygen atoms in total. The summed E-state index contributed by atoms with van der Waals surface area (Å²) in [5.41, 5.74) is 2.25. The Bertz CT molecular complexity index is 413. The number of piperidine rings is 1. The Labute approximate surface area is 89.9 Å². The molecule has 78 valence electrons. The Morgan fingerprint density at radius 1 is 1.27 bits per heavy atom. The van der Waals surface area contributed by atoms with Gasteiger partial charge in [-0.1, -0.05) is 24.3 Å². The van der Waals surface area contributed by atoms with Crippen LogP contribution in [0.4, 0.5) is 0 Å². The van der Waals surface area contributed by atoms with Crippen LogP contribution in [0.3, 0.4) is 0 Å². The number of rotatable bonds is 0. The van der Waals surface area contributed by atoms with Crippen LogP contribution in [-0.4, -0.2) is 30.8 Å². The molecule has 1 aromatic rings. The van der Waals surface area contributed by atoms with E-state index in [-0.39, 0.29) is 5.92 Å². The van der Waals surface area contributed by atoms with Crippen LogP contribution in [0.25, 0.3) is 0 Å². The summed E-state index contributed by atoms with van der Waals surface area (Å²) < 4.78 is 0. The molecular formula is C13H15NO. The molecule has 0 N–H and O–H groups in total. The van der Waals surface area contributed by atoms with Crippen LogP contribution in [0.5, 0.6) is 0 Å². The maximum Gasteiger partial charge on any atom is 0.166 e. The third-order valence-electron chi connectivity index (χ3n) is 3.78. The van der Waals surface area contributed by atoms with Gasteiger partial charge in [0.15, 0.2) is 5.78 Å². The first kappa shape index (κ1) is 9.10. The van der Waals surface area contributed by atoms with Crippen molar-refractivity contribution in [1.82, 2.24) is 4.90 Å². The summed E-state index contributed by atoms with van der Waals surface area (Å²) in [7, 11) is 2.14. The first-order valence-corrected chi connectivity index (χ1v) is 5.59. The topological polar surface area (TPSA) is 20.3 Å². The first-order valence-electron chi connectivity index (χ1n) is 5.59. The highest BCUT2D eigenvalue weighted by Gasteiger charge is 2.41. The van der Waals surface area contributed by atoms with Crippen molar-refractivity contribution in [2.24, 2.45) is 5.92 Å². The predicted molar refractivity (Wildman–Crippen MR) is 59.1 cm³/mol. The third kappa shape index (κ3) is 1.25. The summed E-state index contributed by atoms with van der Waals surface area (Å²) in [4.78, 5) is 14.4. The smallest absolute Gasteiger partial charge is 0.166 e. The summed E-state index contributed by atoms with van der Waals surface area (Å²) in [6.45, 7) is 2.09. The molecule has 0 spiro atoms. The van der Waals surface area contributed by atoms with Gasteiger partial charge in [0.1, 0.15) is 0 Å². The van der Waals surface area contributed by atoms with E-state index in [1.165, 1.54) is 5.56 Å². The van der Waals surface area contributed by atoms with Gasteiger partial charge in [-0.05, 0) is 25.6 Å². The van der Waals surface area contributed by atoms with Gasteiger partial charge in [0.2, 0.25) is 0 Å². The number of hydrogen-bond donors (Lipinski definition) is 0. The van der Waals surface area contributed by atoms with Gasteiger partial charge >= 0.3 is 0 Å². The van der Waals surface area contributed by atoms with Crippen molar-refractivity contribution in [2.75, 3.05) is 20.1 Å². The van der Waals surface area contributed by atoms with E-state index in [9.17, 15) is 4.79 Å². The number of ketones is 1. The molecule has 3 rings (SSSR count). The van der Waals surface area contributed by atoms with Crippen LogP contribution in [-0.2, 0) is 0 Å². The molecule has 15 heavy (non-hydrogen) atoms. The Kier molecular flexibility index (Phi) is 1.93. The lowest BCUT2D eigenvalue weighted by Gasteiger charge is -2.31. The number of carbonyl (C=O) groups is 1. The molecule has 0 radical (unpaired) electrons. The molecule has 1 heterocycles. The zero-order chi connectivity index (χ0) is 10.4. The van der Waals surface area contributed by atoms with Gasteiger partial charge in [-0.15, -0.1) is 0 Å². The van der Waals surface area contributed by atoms with Gasteiger partial charge in [-0.2, -0.15) is 0 Å². The number of carbonyl (C=O) groups excluding carboxylic acids is 1. The number of likely N-dealkylation sites (N-methyl/N-ethyl adjacent to an activating group) is 1. The Balaban J connectivity index is 2.06. The Morgan fingerprint density at radius 2 is 2.07 bits per heavy atom. The van der Waals surface area contributed by atoms with E-state index >= 15 is 0 Å². The van der Waals surface area contributed by atoms with Crippen molar-refractivity contribution < 1.29 is 4.79 Å². The van der Waals surface area contributed by atoms with Crippen LogP contribution in [0.15, 0.2) is 24.3 Å². The highest BCUT2D eigenvalue weighted by Crippen LogP contribution is 2.42. The molecule has 2 atom stereocenters. The highest BCUT2D eigenvalue weighted by atomic mass is 16.1. The number of fused-ring (bicyclic) bond motifs is 3. The number of Topliss-reactive ketones (excluding diaryl/α,β-unsaturated/α-hetero) is 1. The fourth-order valence-electron chi connectivity index (χ4n) is 2.99. The van der Waals surface area contributed by atoms with Crippen molar-refractivity contribution >= 4 is 5.78 Å². The largest absolute Gasteiger partial charge is 0.306 e. The second kappa shape index (κ2) is 3.17. The molecule has 1 aliphatic heterocycles. The Morgan fingerprint density at radius 3 is 2.93 bits per heavy atom. The molecule has 0 bridgehead atoms. The molecule has 1 fully saturated rings.